The summed E-state index contributed by atoms with van der Waals surface area (Å²) >= 11 is 0. The third-order valence-electron chi connectivity index (χ3n) is 13.7. The molecule has 140 heavy (non-hydrogen) atoms. The summed E-state index contributed by atoms with van der Waals surface area (Å²) in [7, 11) is -107. The molecule has 0 spiro atoms. The Balaban J connectivity index is -0.000000751. The van der Waals surface area contributed by atoms with Crippen LogP contribution < -0.4 is 484 Å². The van der Waals surface area contributed by atoms with Crippen LogP contribution in [-0.2, 0) is 262 Å². The van der Waals surface area contributed by atoms with E-state index in [9.17, 15) is 217 Å². The zero-order valence-corrected chi connectivity index (χ0v) is 120. The molecule has 0 aromatic carbocycles. The van der Waals surface area contributed by atoms with Gasteiger partial charge in [-0.1, -0.05) is 51.4 Å². The number of hydrogen-bond acceptors (Lipinski definition) is 70. The molecular weight excluding hydrogens is 2460 g/mol. The maximum Gasteiger partial charge on any atom is 1.00 e. The second-order valence-electron chi connectivity index (χ2n) is 22.9. The van der Waals surface area contributed by atoms with Crippen LogP contribution in [0, 0.1) is 0 Å². The Morgan fingerprint density at radius 1 is 0.229 bits per heavy atom. The summed E-state index contributed by atoms with van der Waals surface area (Å²) in [6.45, 7) is -11.9. The van der Waals surface area contributed by atoms with Crippen molar-refractivity contribution in [3.05, 3.63) is 0 Å². The van der Waals surface area contributed by atoms with Gasteiger partial charge in [-0.05, 0) is 12.8 Å². The maximum absolute atomic E-state index is 13.8. The van der Waals surface area contributed by atoms with E-state index in [0.717, 1.165) is 0 Å². The Labute approximate surface area is 1160 Å². The molecule has 72 nitrogen and oxygen atoms in total. The standard InChI is InChI=1S/C36H68N2O70S16.16Na/c39-33(29(105-121(77,78)79)25(101-117(65,66)67)21(19(97-113(53,54)55)15-91-111(47,48)49)95-35-31(107-123(83,84)85)27(103-119(71,72)73)23(99-115(59,60)61)17(93-35)13-89-109(41,42)43)37-11-9-7-5-3-1-2-4-6-8-10-12-38-34(40)30(106-122(80,81)82)26(102-118(68,69)70)22(20(98-114(56,57)58)16-92-112(50,51)52)96-36-32(108-124(86,87)88)28(104-120(74,75)76)24(100-116(62,63)64)18(94-36)14-90-110(44,45)46;;;;;;;;;;;;;;;;/h17-32,35-36H,1-16H2,(H,37,39)(H,38,40)(H,41,42,43)(H,44,45,46)(H,47,48,49)(H,50,51,52)(H,53,54,55)(H,56,57,58)(H,59,60,61)(H,62,63,64)(H,65,66,67)(H,68,69,70)(H,71,72,73)(H,74,75,76)(H,77,78,79)(H,80,81,82)(H,83,84,85)(H,86,87,88);;;;;;;;;;;;;;;;/q;16*+1/p-16/t17-,18-,19-,20-,21-,22-,23+,24+,25+,26+,27+,28+,29-,30+,31-,32-,35+,36+;;;;;;;;;;;;;;;;/m0................/s1. The molecule has 0 unspecified atom stereocenters. The molecule has 0 saturated carbocycles. The third kappa shape index (κ3) is 90.0. The van der Waals surface area contributed by atoms with Crippen LogP contribution in [-0.4, -0.2) is 369 Å². The summed E-state index contributed by atoms with van der Waals surface area (Å²) in [6.07, 6.45) is -70.7. The van der Waals surface area contributed by atoms with Crippen LogP contribution >= 0.6 is 0 Å². The van der Waals surface area contributed by atoms with Gasteiger partial charge in [-0.2, -0.15) is 0 Å². The zero-order valence-electron chi connectivity index (χ0n) is 74.8. The molecule has 2 fully saturated rings. The first-order valence-corrected chi connectivity index (χ1v) is 51.9. The van der Waals surface area contributed by atoms with Gasteiger partial charge < -0.3 is 102 Å². The van der Waals surface area contributed by atoms with E-state index in [2.05, 4.69) is 66.9 Å². The van der Waals surface area contributed by atoms with Crippen LogP contribution in [0.1, 0.15) is 64.2 Å². The molecule has 104 heteroatoms. The van der Waals surface area contributed by atoms with Gasteiger partial charge in [-0.15, -0.1) is 0 Å². The number of rotatable bonds is 61. The Hall–Kier alpha value is 12.7. The molecule has 2 saturated heterocycles. The maximum atomic E-state index is 13.8. The quantitative estimate of drug-likeness (QED) is 0.0247. The summed E-state index contributed by atoms with van der Waals surface area (Å²) in [4.78, 5) is 27.7. The van der Waals surface area contributed by atoms with Gasteiger partial charge in [0.25, 0.3) is 11.8 Å². The molecule has 0 bridgehead atoms. The minimum absolute atomic E-state index is 0. The first kappa shape index (κ1) is 185. The van der Waals surface area contributed by atoms with Crippen molar-refractivity contribution < 1.29 is 776 Å². The number of carbonyl (C=O) groups excluding carboxylic acids is 2. The van der Waals surface area contributed by atoms with E-state index >= 15 is 0 Å². The molecular formula is C36H52N2Na16O70S16. The average molecular weight is 2510 g/mol. The van der Waals surface area contributed by atoms with E-state index < -0.39 is 341 Å². The molecule has 0 aromatic rings. The van der Waals surface area contributed by atoms with Crippen LogP contribution in [0.3, 0.4) is 0 Å². The molecule has 18 atom stereocenters. The van der Waals surface area contributed by atoms with Crippen LogP contribution in [0.5, 0.6) is 0 Å². The minimum atomic E-state index is -7.00. The van der Waals surface area contributed by atoms with Gasteiger partial charge >= 0.3 is 473 Å². The number of amides is 2. The molecule has 0 radical (unpaired) electrons. The summed E-state index contributed by atoms with van der Waals surface area (Å²) in [5.74, 6) is -4.83. The van der Waals surface area contributed by atoms with Crippen LogP contribution in [0.15, 0.2) is 0 Å². The van der Waals surface area contributed by atoms with Crippen molar-refractivity contribution in [1.29, 1.82) is 0 Å². The van der Waals surface area contributed by atoms with E-state index in [0.29, 0.717) is 0 Å². The van der Waals surface area contributed by atoms with E-state index in [4.69, 9.17) is 18.9 Å². The Morgan fingerprint density at radius 2 is 0.421 bits per heavy atom. The number of ether oxygens (including phenoxy) is 4. The van der Waals surface area contributed by atoms with E-state index in [-0.39, 0.29) is 524 Å². The molecule has 2 heterocycles. The monoisotopic (exact) mass is 2510 g/mol. The number of carbonyl (C=O) groups is 2. The van der Waals surface area contributed by atoms with Crippen LogP contribution in [0.4, 0.5) is 0 Å². The van der Waals surface area contributed by atoms with Crippen LogP contribution in [0.25, 0.3) is 0 Å². The van der Waals surface area contributed by atoms with Gasteiger partial charge in [0, 0.05) is 13.1 Å². The fourth-order valence-corrected chi connectivity index (χ4v) is 16.8. The second-order valence-corrected chi connectivity index (χ2v) is 39.2. The zero-order chi connectivity index (χ0) is 96.4. The number of nitrogens with one attached hydrogen (secondary N) is 2. The summed E-state index contributed by atoms with van der Waals surface area (Å²) in [5.41, 5.74) is 0. The average Bonchev–Trinajstić information content (AvgIpc) is 0.761. The molecule has 0 aromatic heterocycles. The number of unbranched alkanes of at least 4 members (excludes halogenated alkanes) is 9. The van der Waals surface area contributed by atoms with Gasteiger partial charge in [0.05, 0.1) is 26.4 Å². The van der Waals surface area contributed by atoms with E-state index in [1.807, 2.05) is 0 Å². The normalized spacial score (nSPS) is 20.7. The van der Waals surface area contributed by atoms with Crippen molar-refractivity contribution in [3.63, 3.8) is 0 Å². The van der Waals surface area contributed by atoms with Crippen molar-refractivity contribution in [2.45, 2.75) is 174 Å². The molecule has 2 N–H and O–H groups in total. The summed E-state index contributed by atoms with van der Waals surface area (Å²) in [6, 6.07) is 0. The molecule has 2 rings (SSSR count). The van der Waals surface area contributed by atoms with E-state index in [1.54, 1.807) is 10.6 Å². The SMILES string of the molecule is O=C(NCCCCCCCCCCCCNC(=O)[C@H](OS(=O)(=O)[O-])[C@H](OS(=O)(=O)[O-])[C@@H](O[C@H]1O[C@@H](COS(=O)(=O)[O-])[C@@H](OS(=O)(=O)[O-])[C@@H](OS(=O)(=O)[O-])[C@@H]1OS(=O)(=O)[O-])[C@H](COS(=O)(=O)[O-])OS(=O)(=O)[O-])[C@@H](OS(=O)(=O)[O-])[C@H](OS(=O)(=O)[O-])[C@@H](O[C@H]1O[C@@H](COS(=O)(=O)[O-])[C@@H](OS(=O)(=O)[O-])[C@@H](OS(=O)(=O)[O-])[C@@H]1OS(=O)(=O)[O-])[C@H](COS(=O)(=O)[O-])OS(=O)(=O)[O-].[Na+].[Na+].[Na+].[Na+].[Na+].[Na+].[Na+].[Na+].[Na+].[Na+].[Na+].[Na+].[Na+].[Na+].[Na+].[Na+]. The summed E-state index contributed by atoms with van der Waals surface area (Å²) < 4.78 is 655. The number of hydrogen-bond donors (Lipinski definition) is 2. The van der Waals surface area contributed by atoms with Gasteiger partial charge in [0.1, 0.15) is 73.2 Å². The fourth-order valence-electron chi connectivity index (χ4n) is 9.90. The van der Waals surface area contributed by atoms with Gasteiger partial charge in [0.2, 0.25) is 166 Å². The minimum Gasteiger partial charge on any atom is -0.726 e. The Bertz CT molecular complexity index is 5280. The fraction of sp³-hybridized carbons (Fsp3) is 0.944. The van der Waals surface area contributed by atoms with Crippen LogP contribution in [0.2, 0.25) is 0 Å². The second kappa shape index (κ2) is 80.6. The molecule has 0 aliphatic carbocycles. The van der Waals surface area contributed by atoms with E-state index in [1.165, 1.54) is 0 Å². The predicted molar refractivity (Wildman–Crippen MR) is 337 cm³/mol. The van der Waals surface area contributed by atoms with Gasteiger partial charge in [-0.25, -0.2) is 135 Å². The largest absolute Gasteiger partial charge is 1.00 e. The summed E-state index contributed by atoms with van der Waals surface area (Å²) in [5, 5.41) is 3.30. The predicted octanol–water partition coefficient (Wildman–Crippen LogP) is -64.5. The van der Waals surface area contributed by atoms with Crippen molar-refractivity contribution in [3.8, 4) is 0 Å². The van der Waals surface area contributed by atoms with Gasteiger partial charge in [0.15, 0.2) is 37.0 Å². The molecule has 2 amide bonds. The molecule has 2 aliphatic rings. The van der Waals surface area contributed by atoms with Crippen molar-refractivity contribution in [2.24, 2.45) is 0 Å². The topological polar surface area (TPSA) is 1160 Å². The van der Waals surface area contributed by atoms with Crippen molar-refractivity contribution >= 4 is 178 Å². The van der Waals surface area contributed by atoms with Crippen molar-refractivity contribution in [1.82, 2.24) is 10.6 Å². The molecule has 2 aliphatic heterocycles. The first-order chi connectivity index (χ1) is 55.3. The first-order valence-electron chi connectivity index (χ1n) is 30.5. The Kier molecular flexibility index (Phi) is 107. The third-order valence-corrected chi connectivity index (χ3v) is 20.9. The molecule has 738 valence electrons. The smallest absolute Gasteiger partial charge is 0.726 e. The Morgan fingerprint density at radius 3 is 0.614 bits per heavy atom. The van der Waals surface area contributed by atoms with Crippen molar-refractivity contribution in [2.75, 3.05) is 39.5 Å². The van der Waals surface area contributed by atoms with Gasteiger partial charge in [-0.3, -0.25) is 76.5 Å².